The van der Waals surface area contributed by atoms with E-state index in [2.05, 4.69) is 17.3 Å². The minimum absolute atomic E-state index is 0.574. The molecule has 0 aromatic carbocycles. The van der Waals surface area contributed by atoms with Gasteiger partial charge in [0.15, 0.2) is 0 Å². The molecular weight excluding hydrogens is 190 g/mol. The van der Waals surface area contributed by atoms with Gasteiger partial charge in [-0.25, -0.2) is 0 Å². The van der Waals surface area contributed by atoms with Crippen molar-refractivity contribution in [3.05, 3.63) is 12.4 Å². The summed E-state index contributed by atoms with van der Waals surface area (Å²) in [4.78, 5) is 0. The summed E-state index contributed by atoms with van der Waals surface area (Å²) in [5, 5.41) is 7.74. The van der Waals surface area contributed by atoms with Gasteiger partial charge in [-0.15, -0.1) is 0 Å². The third-order valence-corrected chi connectivity index (χ3v) is 2.88. The van der Waals surface area contributed by atoms with Gasteiger partial charge in [0.25, 0.3) is 0 Å². The van der Waals surface area contributed by atoms with Crippen molar-refractivity contribution in [1.82, 2.24) is 9.78 Å². The van der Waals surface area contributed by atoms with E-state index in [-0.39, 0.29) is 0 Å². The van der Waals surface area contributed by atoms with Gasteiger partial charge in [-0.3, -0.25) is 4.68 Å². The van der Waals surface area contributed by atoms with Crippen molar-refractivity contribution in [2.24, 2.45) is 5.92 Å². The molecule has 1 aromatic heterocycles. The molecular formula is C11H19N3O. The molecule has 1 fully saturated rings. The molecule has 1 saturated carbocycles. The summed E-state index contributed by atoms with van der Waals surface area (Å²) in [5.74, 6) is 0.868. The molecule has 15 heavy (non-hydrogen) atoms. The quantitative estimate of drug-likeness (QED) is 0.775. The number of ether oxygens (including phenoxy) is 1. The van der Waals surface area contributed by atoms with Crippen molar-refractivity contribution >= 4 is 5.69 Å². The van der Waals surface area contributed by atoms with Crippen LogP contribution >= 0.6 is 0 Å². The van der Waals surface area contributed by atoms with Gasteiger partial charge in [-0.1, -0.05) is 0 Å². The molecule has 0 bridgehead atoms. The predicted molar refractivity (Wildman–Crippen MR) is 59.9 cm³/mol. The average molecular weight is 209 g/mol. The number of hydrogen-bond donors (Lipinski definition) is 1. The Hall–Kier alpha value is -1.03. The van der Waals surface area contributed by atoms with Crippen LogP contribution < -0.4 is 5.32 Å². The van der Waals surface area contributed by atoms with Gasteiger partial charge >= 0.3 is 0 Å². The van der Waals surface area contributed by atoms with Crippen molar-refractivity contribution in [3.63, 3.8) is 0 Å². The first-order chi connectivity index (χ1) is 7.29. The summed E-state index contributed by atoms with van der Waals surface area (Å²) in [6.07, 6.45) is 6.66. The van der Waals surface area contributed by atoms with Gasteiger partial charge in [0.2, 0.25) is 0 Å². The fraction of sp³-hybridized carbons (Fsp3) is 0.727. The Morgan fingerprint density at radius 2 is 2.47 bits per heavy atom. The van der Waals surface area contributed by atoms with Gasteiger partial charge in [0.1, 0.15) is 0 Å². The molecule has 1 aliphatic carbocycles. The topological polar surface area (TPSA) is 39.1 Å². The number of nitrogens with one attached hydrogen (secondary N) is 1. The van der Waals surface area contributed by atoms with Crippen LogP contribution in [-0.4, -0.2) is 29.5 Å². The third kappa shape index (κ3) is 2.96. The van der Waals surface area contributed by atoms with Crippen LogP contribution in [0.25, 0.3) is 0 Å². The van der Waals surface area contributed by atoms with Crippen molar-refractivity contribution in [3.8, 4) is 0 Å². The van der Waals surface area contributed by atoms with E-state index in [1.54, 1.807) is 7.11 Å². The van der Waals surface area contributed by atoms with Gasteiger partial charge in [-0.05, 0) is 25.7 Å². The Kier molecular flexibility index (Phi) is 3.26. The Bertz CT molecular complexity index is 307. The Labute approximate surface area is 90.6 Å². The minimum Gasteiger partial charge on any atom is -0.383 e. The second-order valence-corrected chi connectivity index (χ2v) is 4.26. The molecule has 0 aliphatic heterocycles. The highest BCUT2D eigenvalue weighted by Crippen LogP contribution is 2.33. The molecule has 1 unspecified atom stereocenters. The maximum absolute atomic E-state index is 5.00. The SMILES string of the molecule is COCCn1cc(NC(C)C2CC2)cn1. The molecule has 1 aliphatic rings. The fourth-order valence-electron chi connectivity index (χ4n) is 1.72. The standard InChI is InChI=1S/C11H19N3O/c1-9(10-3-4-10)13-11-7-12-14(8-11)5-6-15-2/h7-10,13H,3-6H2,1-2H3. The highest BCUT2D eigenvalue weighted by Gasteiger charge is 2.27. The zero-order valence-electron chi connectivity index (χ0n) is 9.44. The van der Waals surface area contributed by atoms with Gasteiger partial charge < -0.3 is 10.1 Å². The third-order valence-electron chi connectivity index (χ3n) is 2.88. The van der Waals surface area contributed by atoms with Gasteiger partial charge in [0, 0.05) is 19.3 Å². The minimum atomic E-state index is 0.574. The van der Waals surface area contributed by atoms with Gasteiger partial charge in [-0.2, -0.15) is 5.10 Å². The van der Waals surface area contributed by atoms with Crippen LogP contribution in [0.2, 0.25) is 0 Å². The van der Waals surface area contributed by atoms with Crippen LogP contribution in [0.5, 0.6) is 0 Å². The maximum atomic E-state index is 5.00. The average Bonchev–Trinajstić information content (AvgIpc) is 2.99. The molecule has 0 amide bonds. The van der Waals surface area contributed by atoms with Crippen LogP contribution in [0, 0.1) is 5.92 Å². The Morgan fingerprint density at radius 3 is 3.13 bits per heavy atom. The van der Waals surface area contributed by atoms with E-state index in [1.165, 1.54) is 12.8 Å². The van der Waals surface area contributed by atoms with Crippen molar-refractivity contribution in [2.75, 3.05) is 19.0 Å². The Morgan fingerprint density at radius 1 is 1.67 bits per heavy atom. The maximum Gasteiger partial charge on any atom is 0.0728 e. The number of anilines is 1. The van der Waals surface area contributed by atoms with E-state index in [1.807, 2.05) is 17.1 Å². The monoisotopic (exact) mass is 209 g/mol. The number of hydrogen-bond acceptors (Lipinski definition) is 3. The first kappa shape index (κ1) is 10.5. The first-order valence-electron chi connectivity index (χ1n) is 5.57. The number of nitrogens with zero attached hydrogens (tertiary/aromatic N) is 2. The van der Waals surface area contributed by atoms with E-state index in [0.29, 0.717) is 12.6 Å². The molecule has 4 nitrogen and oxygen atoms in total. The summed E-state index contributed by atoms with van der Waals surface area (Å²) in [5.41, 5.74) is 1.12. The molecule has 0 saturated heterocycles. The number of methoxy groups -OCH3 is 1. The molecule has 2 rings (SSSR count). The lowest BCUT2D eigenvalue weighted by Gasteiger charge is -2.11. The van der Waals surface area contributed by atoms with Crippen LogP contribution in [0.3, 0.4) is 0 Å². The molecule has 1 heterocycles. The summed E-state index contributed by atoms with van der Waals surface area (Å²) >= 11 is 0. The van der Waals surface area contributed by atoms with Crippen molar-refractivity contribution < 1.29 is 4.74 Å². The van der Waals surface area contributed by atoms with Crippen molar-refractivity contribution in [2.45, 2.75) is 32.4 Å². The largest absolute Gasteiger partial charge is 0.383 e. The molecule has 4 heteroatoms. The highest BCUT2D eigenvalue weighted by atomic mass is 16.5. The van der Waals surface area contributed by atoms with E-state index >= 15 is 0 Å². The fourth-order valence-corrected chi connectivity index (χ4v) is 1.72. The van der Waals surface area contributed by atoms with Crippen molar-refractivity contribution in [1.29, 1.82) is 0 Å². The summed E-state index contributed by atoms with van der Waals surface area (Å²) in [7, 11) is 1.71. The summed E-state index contributed by atoms with van der Waals surface area (Å²) < 4.78 is 6.91. The smallest absolute Gasteiger partial charge is 0.0728 e. The second kappa shape index (κ2) is 4.66. The zero-order chi connectivity index (χ0) is 10.7. The van der Waals surface area contributed by atoms with E-state index in [4.69, 9.17) is 4.74 Å². The molecule has 0 spiro atoms. The predicted octanol–water partition coefficient (Wildman–Crippen LogP) is 1.74. The summed E-state index contributed by atoms with van der Waals surface area (Å²) in [6.45, 7) is 3.76. The van der Waals surface area contributed by atoms with Crippen LogP contribution in [0.4, 0.5) is 5.69 Å². The number of aromatic nitrogens is 2. The van der Waals surface area contributed by atoms with Crippen LogP contribution in [0.15, 0.2) is 12.4 Å². The molecule has 0 radical (unpaired) electrons. The molecule has 84 valence electrons. The lowest BCUT2D eigenvalue weighted by atomic mass is 10.2. The van der Waals surface area contributed by atoms with Crippen LogP contribution in [0.1, 0.15) is 19.8 Å². The normalized spacial score (nSPS) is 17.7. The molecule has 1 atom stereocenters. The molecule has 1 aromatic rings. The first-order valence-corrected chi connectivity index (χ1v) is 5.57. The van der Waals surface area contributed by atoms with E-state index in [0.717, 1.165) is 18.2 Å². The Balaban J connectivity index is 1.83. The number of rotatable bonds is 6. The lowest BCUT2D eigenvalue weighted by molar-refractivity contribution is 0.183. The van der Waals surface area contributed by atoms with Crippen LogP contribution in [-0.2, 0) is 11.3 Å². The molecule has 1 N–H and O–H groups in total. The van der Waals surface area contributed by atoms with E-state index in [9.17, 15) is 0 Å². The zero-order valence-corrected chi connectivity index (χ0v) is 9.44. The summed E-state index contributed by atoms with van der Waals surface area (Å²) in [6, 6.07) is 0.574. The second-order valence-electron chi connectivity index (χ2n) is 4.26. The van der Waals surface area contributed by atoms with Gasteiger partial charge in [0.05, 0.1) is 25.0 Å². The van der Waals surface area contributed by atoms with E-state index < -0.39 is 0 Å². The lowest BCUT2D eigenvalue weighted by Crippen LogP contribution is -2.16. The highest BCUT2D eigenvalue weighted by molar-refractivity contribution is 5.39.